The lowest BCUT2D eigenvalue weighted by atomic mass is 10.4. The summed E-state index contributed by atoms with van der Waals surface area (Å²) in [4.78, 5) is 2.07. The maximum atomic E-state index is 5.18. The summed E-state index contributed by atoms with van der Waals surface area (Å²) in [5, 5.41) is 7.20. The molecule has 0 amide bonds. The number of nitrogens with zero attached hydrogens (tertiary/aromatic N) is 3. The minimum atomic E-state index is 0.628. The zero-order valence-electron chi connectivity index (χ0n) is 7.03. The van der Waals surface area contributed by atoms with E-state index in [0.717, 1.165) is 12.2 Å². The van der Waals surface area contributed by atoms with Gasteiger partial charge in [-0.05, 0) is 6.54 Å². The summed E-state index contributed by atoms with van der Waals surface area (Å²) in [6.07, 6.45) is 6.78. The van der Waals surface area contributed by atoms with Crippen LogP contribution < -0.4 is 0 Å². The molecule has 0 bridgehead atoms. The lowest BCUT2D eigenvalue weighted by Gasteiger charge is -2.14. The SMILES string of the molecule is C#CCN(CC)Cc1cnon1. The smallest absolute Gasteiger partial charge is 0.119 e. The quantitative estimate of drug-likeness (QED) is 0.610. The highest BCUT2D eigenvalue weighted by molar-refractivity contribution is 4.93. The van der Waals surface area contributed by atoms with Crippen molar-refractivity contribution >= 4 is 0 Å². The van der Waals surface area contributed by atoms with Gasteiger partial charge in [-0.2, -0.15) is 0 Å². The van der Waals surface area contributed by atoms with E-state index in [1.165, 1.54) is 0 Å². The molecule has 0 aromatic carbocycles. The predicted octanol–water partition coefficient (Wildman–Crippen LogP) is 0.525. The van der Waals surface area contributed by atoms with E-state index >= 15 is 0 Å². The van der Waals surface area contributed by atoms with Gasteiger partial charge in [0, 0.05) is 6.54 Å². The van der Waals surface area contributed by atoms with Crippen molar-refractivity contribution in [2.75, 3.05) is 13.1 Å². The second-order valence-corrected chi connectivity index (χ2v) is 2.41. The highest BCUT2D eigenvalue weighted by atomic mass is 16.6. The summed E-state index contributed by atoms with van der Waals surface area (Å²) in [5.41, 5.74) is 0.812. The molecule has 0 N–H and O–H groups in total. The zero-order chi connectivity index (χ0) is 8.81. The van der Waals surface area contributed by atoms with E-state index in [1.54, 1.807) is 6.20 Å². The molecule has 64 valence electrons. The van der Waals surface area contributed by atoms with Gasteiger partial charge in [-0.15, -0.1) is 6.42 Å². The Kier molecular flexibility index (Phi) is 3.30. The molecule has 0 atom stereocenters. The minimum Gasteiger partial charge on any atom is -0.287 e. The van der Waals surface area contributed by atoms with Crippen molar-refractivity contribution in [3.05, 3.63) is 11.9 Å². The third-order valence-electron chi connectivity index (χ3n) is 1.55. The molecule has 4 nitrogen and oxygen atoms in total. The molecular weight excluding hydrogens is 154 g/mol. The van der Waals surface area contributed by atoms with Crippen LogP contribution in [0.15, 0.2) is 10.8 Å². The average Bonchev–Trinajstić information content (AvgIpc) is 2.56. The van der Waals surface area contributed by atoms with Crippen LogP contribution in [0, 0.1) is 12.3 Å². The standard InChI is InChI=1S/C8H11N3O/c1-3-5-11(4-2)7-8-6-9-12-10-8/h1,6H,4-5,7H2,2H3. The topological polar surface area (TPSA) is 42.2 Å². The monoisotopic (exact) mass is 165 g/mol. The first-order valence-electron chi connectivity index (χ1n) is 3.79. The van der Waals surface area contributed by atoms with E-state index in [0.29, 0.717) is 13.1 Å². The molecule has 0 fully saturated rings. The minimum absolute atomic E-state index is 0.628. The van der Waals surface area contributed by atoms with Crippen molar-refractivity contribution in [3.8, 4) is 12.3 Å². The zero-order valence-corrected chi connectivity index (χ0v) is 7.03. The largest absolute Gasteiger partial charge is 0.287 e. The van der Waals surface area contributed by atoms with Gasteiger partial charge in [-0.25, -0.2) is 4.63 Å². The van der Waals surface area contributed by atoms with Crippen LogP contribution in [0.4, 0.5) is 0 Å². The van der Waals surface area contributed by atoms with Crippen molar-refractivity contribution < 1.29 is 4.63 Å². The number of aromatic nitrogens is 2. The molecule has 12 heavy (non-hydrogen) atoms. The van der Waals surface area contributed by atoms with Crippen molar-refractivity contribution in [3.63, 3.8) is 0 Å². The van der Waals surface area contributed by atoms with E-state index in [-0.39, 0.29) is 0 Å². The Morgan fingerprint density at radius 3 is 3.08 bits per heavy atom. The number of terminal acetylenes is 1. The summed E-state index contributed by atoms with van der Waals surface area (Å²) in [5.74, 6) is 2.58. The van der Waals surface area contributed by atoms with Gasteiger partial charge in [-0.1, -0.05) is 23.2 Å². The molecule has 0 aliphatic heterocycles. The Morgan fingerprint density at radius 2 is 2.58 bits per heavy atom. The van der Waals surface area contributed by atoms with Gasteiger partial charge in [0.05, 0.1) is 12.7 Å². The highest BCUT2D eigenvalue weighted by Gasteiger charge is 2.04. The Balaban J connectivity index is 2.44. The summed E-state index contributed by atoms with van der Waals surface area (Å²) < 4.78 is 4.46. The fraction of sp³-hybridized carbons (Fsp3) is 0.500. The van der Waals surface area contributed by atoms with Crippen LogP contribution >= 0.6 is 0 Å². The van der Waals surface area contributed by atoms with Crippen LogP contribution in [0.25, 0.3) is 0 Å². The molecule has 0 saturated carbocycles. The molecule has 0 saturated heterocycles. The Morgan fingerprint density at radius 1 is 1.75 bits per heavy atom. The highest BCUT2D eigenvalue weighted by Crippen LogP contribution is 1.98. The van der Waals surface area contributed by atoms with Crippen LogP contribution in [-0.4, -0.2) is 28.3 Å². The lowest BCUT2D eigenvalue weighted by molar-refractivity contribution is 0.278. The molecule has 4 heteroatoms. The molecule has 0 aliphatic carbocycles. The van der Waals surface area contributed by atoms with Crippen LogP contribution in [0.1, 0.15) is 12.6 Å². The van der Waals surface area contributed by atoms with Gasteiger partial charge in [0.15, 0.2) is 0 Å². The average molecular weight is 165 g/mol. The second kappa shape index (κ2) is 4.52. The van der Waals surface area contributed by atoms with Crippen molar-refractivity contribution in [1.82, 2.24) is 15.2 Å². The van der Waals surface area contributed by atoms with Crippen molar-refractivity contribution in [2.24, 2.45) is 0 Å². The third-order valence-corrected chi connectivity index (χ3v) is 1.55. The number of rotatable bonds is 4. The maximum Gasteiger partial charge on any atom is 0.119 e. The number of hydrogen-bond donors (Lipinski definition) is 0. The summed E-state index contributed by atoms with van der Waals surface area (Å²) in [7, 11) is 0. The van der Waals surface area contributed by atoms with E-state index in [4.69, 9.17) is 6.42 Å². The first-order valence-corrected chi connectivity index (χ1v) is 3.79. The Labute approximate surface area is 71.5 Å². The molecule has 0 radical (unpaired) electrons. The molecule has 0 spiro atoms. The fourth-order valence-electron chi connectivity index (χ4n) is 0.891. The van der Waals surface area contributed by atoms with Gasteiger partial charge < -0.3 is 0 Å². The molecule has 1 heterocycles. The summed E-state index contributed by atoms with van der Waals surface area (Å²) >= 11 is 0. The molecule has 1 aromatic heterocycles. The van der Waals surface area contributed by atoms with Crippen LogP contribution in [0.5, 0.6) is 0 Å². The van der Waals surface area contributed by atoms with Gasteiger partial charge in [0.1, 0.15) is 5.69 Å². The van der Waals surface area contributed by atoms with E-state index < -0.39 is 0 Å². The Hall–Kier alpha value is -1.34. The summed E-state index contributed by atoms with van der Waals surface area (Å²) in [6, 6.07) is 0. The van der Waals surface area contributed by atoms with Gasteiger partial charge >= 0.3 is 0 Å². The van der Waals surface area contributed by atoms with Crippen molar-refractivity contribution in [2.45, 2.75) is 13.5 Å². The lowest BCUT2D eigenvalue weighted by Crippen LogP contribution is -2.23. The van der Waals surface area contributed by atoms with Crippen LogP contribution in [0.3, 0.4) is 0 Å². The predicted molar refractivity (Wildman–Crippen MR) is 44.1 cm³/mol. The summed E-state index contributed by atoms with van der Waals surface area (Å²) in [6.45, 7) is 4.27. The van der Waals surface area contributed by atoms with E-state index in [9.17, 15) is 0 Å². The fourth-order valence-corrected chi connectivity index (χ4v) is 0.891. The normalized spacial score (nSPS) is 10.1. The van der Waals surface area contributed by atoms with Crippen molar-refractivity contribution in [1.29, 1.82) is 0 Å². The van der Waals surface area contributed by atoms with Gasteiger partial charge in [0.2, 0.25) is 0 Å². The van der Waals surface area contributed by atoms with Crippen LogP contribution in [-0.2, 0) is 6.54 Å². The molecule has 1 aromatic rings. The second-order valence-electron chi connectivity index (χ2n) is 2.41. The first-order chi connectivity index (χ1) is 5.86. The third kappa shape index (κ3) is 2.36. The van der Waals surface area contributed by atoms with Gasteiger partial charge in [-0.3, -0.25) is 4.90 Å². The van der Waals surface area contributed by atoms with Crippen LogP contribution in [0.2, 0.25) is 0 Å². The molecule has 0 aliphatic rings. The molecular formula is C8H11N3O. The Bertz CT molecular complexity index is 250. The van der Waals surface area contributed by atoms with E-state index in [1.807, 2.05) is 6.92 Å². The number of hydrogen-bond acceptors (Lipinski definition) is 4. The first kappa shape index (κ1) is 8.75. The molecule has 0 unspecified atom stereocenters. The maximum absolute atomic E-state index is 5.18. The van der Waals surface area contributed by atoms with Gasteiger partial charge in [0.25, 0.3) is 0 Å². The molecule has 1 rings (SSSR count). The van der Waals surface area contributed by atoms with E-state index in [2.05, 4.69) is 25.8 Å².